The number of nitrogens with zero attached hydrogens (tertiary/aromatic N) is 1. The fraction of sp³-hybridized carbons (Fsp3) is 0.0698. The molecule has 0 saturated heterocycles. The summed E-state index contributed by atoms with van der Waals surface area (Å²) < 4.78 is 2.44. The van der Waals surface area contributed by atoms with Crippen LogP contribution in [0.1, 0.15) is 75.4 Å². The minimum Gasteiger partial charge on any atom is -0.309 e. The number of hydrogen-bond donors (Lipinski definition) is 0. The van der Waals surface area contributed by atoms with Crippen molar-refractivity contribution in [2.75, 3.05) is 0 Å². The van der Waals surface area contributed by atoms with Gasteiger partial charge in [-0.15, -0.1) is 0 Å². The van der Waals surface area contributed by atoms with Crippen LogP contribution in [0.25, 0.3) is 111 Å². The lowest BCUT2D eigenvalue weighted by Crippen LogP contribution is -2.26. The average molecular weight is 1110 g/mol. The predicted molar refractivity (Wildman–Crippen MR) is 365 cm³/mol. The van der Waals surface area contributed by atoms with E-state index in [-0.39, 0.29) is 11.3 Å². The van der Waals surface area contributed by atoms with Crippen molar-refractivity contribution in [1.82, 2.24) is 4.57 Å². The lowest BCUT2D eigenvalue weighted by Gasteiger charge is -2.31. The van der Waals surface area contributed by atoms with E-state index < -0.39 is 5.41 Å². The van der Waals surface area contributed by atoms with Crippen molar-refractivity contribution >= 4 is 27.9 Å². The zero-order valence-electron chi connectivity index (χ0n) is 48.8. The molecule has 0 N–H and O–H groups in total. The minimum absolute atomic E-state index is 0.0542. The van der Waals surface area contributed by atoms with E-state index in [0.717, 1.165) is 17.7 Å². The zero-order valence-corrected chi connectivity index (χ0v) is 48.8. The van der Waals surface area contributed by atoms with Crippen LogP contribution in [-0.4, -0.2) is 4.57 Å². The van der Waals surface area contributed by atoms with E-state index in [1.807, 2.05) is 6.08 Å². The maximum absolute atomic E-state index is 4.08. The van der Waals surface area contributed by atoms with Gasteiger partial charge in [0, 0.05) is 27.8 Å². The quantitative estimate of drug-likeness (QED) is 0.129. The third kappa shape index (κ3) is 7.86. The SMILES string of the molecule is C=Cc1cccc(-c2ccc3c(c2)C2(c4ccccc4-c4ccc(-c5ccc(-n6c7ccccc7c7cc(-c8ccc(C(Cc9ccc%10c(c9)C(C)(C)c9ccccc9-%10)c9ccc(-c%10ccccc%10)cc9)cc8)ccc76)cc5)cc42)c2ccccc2-3)c1. The van der Waals surface area contributed by atoms with Gasteiger partial charge in [0.2, 0.25) is 0 Å². The molecule has 17 rings (SSSR count). The summed E-state index contributed by atoms with van der Waals surface area (Å²) in [6, 6.07) is 112. The molecule has 13 aromatic carbocycles. The van der Waals surface area contributed by atoms with Gasteiger partial charge in [0.25, 0.3) is 0 Å². The number of aromatic nitrogens is 1. The molecule has 1 aromatic heterocycles. The monoisotopic (exact) mass is 1110 g/mol. The maximum atomic E-state index is 4.08. The Balaban J connectivity index is 0.709. The average Bonchev–Trinajstić information content (AvgIpc) is 1.52. The number of para-hydroxylation sites is 1. The second-order valence-corrected chi connectivity index (χ2v) is 24.7. The second kappa shape index (κ2) is 19.7. The van der Waals surface area contributed by atoms with Gasteiger partial charge in [-0.25, -0.2) is 0 Å². The number of rotatable bonds is 10. The second-order valence-electron chi connectivity index (χ2n) is 24.7. The molecule has 0 radical (unpaired) electrons. The number of fused-ring (bicyclic) bond motifs is 16. The van der Waals surface area contributed by atoms with Gasteiger partial charge in [-0.1, -0.05) is 275 Å². The Hall–Kier alpha value is -10.6. The molecule has 0 aliphatic heterocycles. The van der Waals surface area contributed by atoms with Crippen LogP contribution in [-0.2, 0) is 17.3 Å². The van der Waals surface area contributed by atoms with Gasteiger partial charge in [-0.05, 0) is 188 Å². The van der Waals surface area contributed by atoms with Gasteiger partial charge >= 0.3 is 0 Å². The summed E-state index contributed by atoms with van der Waals surface area (Å²) in [6.45, 7) is 8.84. The van der Waals surface area contributed by atoms with E-state index in [0.29, 0.717) is 0 Å². The minimum atomic E-state index is -0.475. The number of hydrogen-bond acceptors (Lipinski definition) is 0. The highest BCUT2D eigenvalue weighted by Gasteiger charge is 2.52. The van der Waals surface area contributed by atoms with Crippen LogP contribution >= 0.6 is 0 Å². The summed E-state index contributed by atoms with van der Waals surface area (Å²) in [5, 5.41) is 2.48. The fourth-order valence-corrected chi connectivity index (χ4v) is 15.6. The first-order chi connectivity index (χ1) is 42.8. The third-order valence-corrected chi connectivity index (χ3v) is 19.8. The molecule has 0 fully saturated rings. The Bertz CT molecular complexity index is 5080. The first-order valence-corrected chi connectivity index (χ1v) is 30.7. The molecule has 1 spiro atoms. The molecule has 410 valence electrons. The largest absolute Gasteiger partial charge is 0.309 e. The molecule has 3 aliphatic rings. The van der Waals surface area contributed by atoms with Crippen LogP contribution in [0.4, 0.5) is 0 Å². The smallest absolute Gasteiger partial charge is 0.0725 e. The van der Waals surface area contributed by atoms with Crippen molar-refractivity contribution in [3.63, 3.8) is 0 Å². The van der Waals surface area contributed by atoms with Crippen molar-refractivity contribution in [1.29, 1.82) is 0 Å². The molecule has 14 aromatic rings. The Morgan fingerprint density at radius 3 is 1.44 bits per heavy atom. The molecular weight excluding hydrogens is 1050 g/mol. The molecule has 2 unspecified atom stereocenters. The summed E-state index contributed by atoms with van der Waals surface area (Å²) in [6.07, 6.45) is 2.83. The van der Waals surface area contributed by atoms with Gasteiger partial charge in [0.1, 0.15) is 0 Å². The molecular formula is C86H61N. The molecule has 1 heterocycles. The van der Waals surface area contributed by atoms with Crippen molar-refractivity contribution in [3.05, 3.63) is 359 Å². The normalized spacial score (nSPS) is 15.0. The van der Waals surface area contributed by atoms with Gasteiger partial charge < -0.3 is 4.57 Å². The highest BCUT2D eigenvalue weighted by atomic mass is 15.0. The standard InChI is InChI=1S/C86H61N/c1-4-55-17-16-20-63(49-55)66-41-47-73-70-23-10-14-27-79(70)86(82(73)54-66)78-26-13-9-22-69(78)72-46-40-65(53-81(72)86)60-38-43-67(44-39-60)87-83-28-15-11-24-74(83)76-52-64(42-48-84(76)87)59-32-36-62(37-33-59)75(61-34-30-58(31-35-61)57-18-6-5-7-19-57)50-56-29-45-71-68-21-8-12-25-77(68)85(2,3)80(71)51-56/h4-49,51-54,75H,1,50H2,2-3H3. The van der Waals surface area contributed by atoms with Crippen LogP contribution in [0.15, 0.2) is 304 Å². The van der Waals surface area contributed by atoms with Crippen LogP contribution in [0, 0.1) is 0 Å². The fourth-order valence-electron chi connectivity index (χ4n) is 15.6. The summed E-state index contributed by atoms with van der Waals surface area (Å²) >= 11 is 0. The first kappa shape index (κ1) is 50.9. The van der Waals surface area contributed by atoms with E-state index in [4.69, 9.17) is 0 Å². The highest BCUT2D eigenvalue weighted by molar-refractivity contribution is 6.10. The van der Waals surface area contributed by atoms with Crippen molar-refractivity contribution in [2.45, 2.75) is 37.0 Å². The van der Waals surface area contributed by atoms with Gasteiger partial charge in [0.15, 0.2) is 0 Å². The van der Waals surface area contributed by atoms with E-state index in [2.05, 4.69) is 322 Å². The molecule has 0 bridgehead atoms. The van der Waals surface area contributed by atoms with Crippen LogP contribution in [0.5, 0.6) is 0 Å². The van der Waals surface area contributed by atoms with E-state index >= 15 is 0 Å². The molecule has 0 amide bonds. The molecule has 2 atom stereocenters. The van der Waals surface area contributed by atoms with Crippen molar-refractivity contribution < 1.29 is 0 Å². The van der Waals surface area contributed by atoms with Crippen LogP contribution in [0.3, 0.4) is 0 Å². The Kier molecular flexibility index (Phi) is 11.5. The molecule has 1 heteroatoms. The Labute approximate surface area is 509 Å². The summed E-state index contributed by atoms with van der Waals surface area (Å²) in [5.74, 6) is 0.167. The highest BCUT2D eigenvalue weighted by Crippen LogP contribution is 2.63. The summed E-state index contributed by atoms with van der Waals surface area (Å²) in [4.78, 5) is 0. The number of benzene rings is 13. The third-order valence-electron chi connectivity index (χ3n) is 19.8. The van der Waals surface area contributed by atoms with E-state index in [1.165, 1.54) is 150 Å². The van der Waals surface area contributed by atoms with Gasteiger partial charge in [-0.2, -0.15) is 0 Å². The molecule has 3 aliphatic carbocycles. The van der Waals surface area contributed by atoms with Crippen molar-refractivity contribution in [3.8, 4) is 83.6 Å². The van der Waals surface area contributed by atoms with Crippen LogP contribution in [0.2, 0.25) is 0 Å². The summed E-state index contributed by atoms with van der Waals surface area (Å²) in [5.41, 5.74) is 33.9. The van der Waals surface area contributed by atoms with Gasteiger partial charge in [-0.3, -0.25) is 0 Å². The predicted octanol–water partition coefficient (Wildman–Crippen LogP) is 22.1. The lowest BCUT2D eigenvalue weighted by atomic mass is 9.70. The lowest BCUT2D eigenvalue weighted by molar-refractivity contribution is 0.658. The first-order valence-electron chi connectivity index (χ1n) is 30.7. The van der Waals surface area contributed by atoms with Crippen LogP contribution < -0.4 is 0 Å². The summed E-state index contributed by atoms with van der Waals surface area (Å²) in [7, 11) is 0. The van der Waals surface area contributed by atoms with Crippen molar-refractivity contribution in [2.24, 2.45) is 0 Å². The van der Waals surface area contributed by atoms with E-state index in [9.17, 15) is 0 Å². The zero-order chi connectivity index (χ0) is 58.0. The molecule has 0 saturated carbocycles. The maximum Gasteiger partial charge on any atom is 0.0725 e. The Morgan fingerprint density at radius 1 is 0.333 bits per heavy atom. The Morgan fingerprint density at radius 2 is 0.782 bits per heavy atom. The molecule has 1 nitrogen and oxygen atoms in total. The molecule has 87 heavy (non-hydrogen) atoms. The van der Waals surface area contributed by atoms with Gasteiger partial charge in [0.05, 0.1) is 16.4 Å². The topological polar surface area (TPSA) is 4.93 Å². The van der Waals surface area contributed by atoms with E-state index in [1.54, 1.807) is 0 Å².